The molecule has 1 N–H and O–H groups in total. The van der Waals surface area contributed by atoms with Gasteiger partial charge in [0.2, 0.25) is 0 Å². The Balaban J connectivity index is 1.69. The number of nitro benzene ring substituents is 1. The van der Waals surface area contributed by atoms with E-state index in [2.05, 4.69) is 10.3 Å². The second kappa shape index (κ2) is 6.76. The lowest BCUT2D eigenvalue weighted by molar-refractivity contribution is -0.384. The van der Waals surface area contributed by atoms with Crippen LogP contribution in [-0.2, 0) is 11.3 Å². The topological polar surface area (TPSA) is 109 Å². The standard InChI is InChI=1S/C19H17N5O4/c1-22-15-11-23(10-12-4-3-7-20-9-12)18(25)16(15)17(21-19(22)26)13-5-2-6-14(8-13)24(27)28/h2-9,17H,10-11H2,1H3,(H,21,26)/t17-/m1/s1. The number of nitrogens with zero attached hydrogens (tertiary/aromatic N) is 4. The van der Waals surface area contributed by atoms with Crippen LogP contribution in [0.3, 0.4) is 0 Å². The van der Waals surface area contributed by atoms with Gasteiger partial charge in [0.05, 0.1) is 28.8 Å². The third kappa shape index (κ3) is 2.96. The van der Waals surface area contributed by atoms with Crippen LogP contribution in [-0.4, -0.2) is 45.2 Å². The Kier molecular flexibility index (Phi) is 4.26. The fraction of sp³-hybridized carbons (Fsp3) is 0.211. The van der Waals surface area contributed by atoms with E-state index in [1.165, 1.54) is 17.0 Å². The van der Waals surface area contributed by atoms with E-state index in [-0.39, 0.29) is 17.6 Å². The molecule has 0 saturated carbocycles. The first-order valence-electron chi connectivity index (χ1n) is 8.65. The van der Waals surface area contributed by atoms with E-state index in [1.807, 2.05) is 6.07 Å². The van der Waals surface area contributed by atoms with Crippen LogP contribution >= 0.6 is 0 Å². The Hall–Kier alpha value is -3.75. The fourth-order valence-electron chi connectivity index (χ4n) is 3.53. The number of likely N-dealkylation sites (N-methyl/N-ethyl adjacent to an activating group) is 1. The molecule has 28 heavy (non-hydrogen) atoms. The molecule has 2 aliphatic heterocycles. The number of carbonyl (C=O) groups excluding carboxylic acids is 2. The van der Waals surface area contributed by atoms with Crippen LogP contribution in [0.4, 0.5) is 10.5 Å². The van der Waals surface area contributed by atoms with Crippen LogP contribution in [0.5, 0.6) is 0 Å². The summed E-state index contributed by atoms with van der Waals surface area (Å²) in [5, 5.41) is 13.9. The zero-order valence-electron chi connectivity index (χ0n) is 15.0. The molecule has 9 heteroatoms. The highest BCUT2D eigenvalue weighted by Gasteiger charge is 2.43. The molecule has 0 bridgehead atoms. The second-order valence-electron chi connectivity index (χ2n) is 6.68. The van der Waals surface area contributed by atoms with E-state index in [0.717, 1.165) is 5.56 Å². The number of hydrogen-bond donors (Lipinski definition) is 1. The number of nitrogens with one attached hydrogen (secondary N) is 1. The number of benzene rings is 1. The summed E-state index contributed by atoms with van der Waals surface area (Å²) >= 11 is 0. The first-order valence-corrected chi connectivity index (χ1v) is 8.65. The van der Waals surface area contributed by atoms with Crippen molar-refractivity contribution in [1.29, 1.82) is 0 Å². The van der Waals surface area contributed by atoms with E-state index < -0.39 is 11.0 Å². The number of urea groups is 1. The Morgan fingerprint density at radius 3 is 2.82 bits per heavy atom. The minimum atomic E-state index is -0.731. The Bertz CT molecular complexity index is 1000. The lowest BCUT2D eigenvalue weighted by atomic mass is 9.95. The molecule has 9 nitrogen and oxygen atoms in total. The van der Waals surface area contributed by atoms with Crippen molar-refractivity contribution in [3.8, 4) is 0 Å². The third-order valence-corrected chi connectivity index (χ3v) is 4.95. The molecular weight excluding hydrogens is 362 g/mol. The van der Waals surface area contributed by atoms with Gasteiger partial charge in [0.15, 0.2) is 0 Å². The van der Waals surface area contributed by atoms with Crippen LogP contribution in [0.1, 0.15) is 17.2 Å². The average molecular weight is 379 g/mol. The van der Waals surface area contributed by atoms with Crippen molar-refractivity contribution >= 4 is 17.6 Å². The molecule has 0 fully saturated rings. The molecule has 3 heterocycles. The first-order chi connectivity index (χ1) is 13.5. The molecule has 0 spiro atoms. The molecule has 2 aliphatic rings. The Labute approximate surface area is 160 Å². The summed E-state index contributed by atoms with van der Waals surface area (Å²) in [5.41, 5.74) is 2.33. The van der Waals surface area contributed by atoms with Crippen molar-refractivity contribution in [3.05, 3.63) is 81.3 Å². The van der Waals surface area contributed by atoms with Crippen molar-refractivity contribution in [2.45, 2.75) is 12.6 Å². The van der Waals surface area contributed by atoms with E-state index in [1.54, 1.807) is 42.5 Å². The van der Waals surface area contributed by atoms with Gasteiger partial charge >= 0.3 is 6.03 Å². The highest BCUT2D eigenvalue weighted by atomic mass is 16.6. The van der Waals surface area contributed by atoms with Crippen LogP contribution in [0.25, 0.3) is 0 Å². The predicted molar refractivity (Wildman–Crippen MR) is 98.8 cm³/mol. The first kappa shape index (κ1) is 17.7. The maximum atomic E-state index is 13.1. The normalized spacial score (nSPS) is 19.0. The zero-order valence-corrected chi connectivity index (χ0v) is 15.0. The molecule has 1 aromatic carbocycles. The molecule has 0 radical (unpaired) electrons. The number of amides is 3. The minimum absolute atomic E-state index is 0.0921. The molecule has 1 aromatic heterocycles. The number of rotatable bonds is 4. The number of aromatic nitrogens is 1. The predicted octanol–water partition coefficient (Wildman–Crippen LogP) is 1.98. The maximum absolute atomic E-state index is 13.1. The molecule has 0 saturated heterocycles. The van der Waals surface area contributed by atoms with Gasteiger partial charge in [0.25, 0.3) is 11.6 Å². The van der Waals surface area contributed by atoms with Crippen LogP contribution in [0.15, 0.2) is 60.1 Å². The molecule has 0 unspecified atom stereocenters. The van der Waals surface area contributed by atoms with E-state index >= 15 is 0 Å². The molecule has 3 amide bonds. The van der Waals surface area contributed by atoms with E-state index in [9.17, 15) is 19.7 Å². The summed E-state index contributed by atoms with van der Waals surface area (Å²) < 4.78 is 0. The molecule has 0 aliphatic carbocycles. The van der Waals surface area contributed by atoms with Gasteiger partial charge in [-0.15, -0.1) is 0 Å². The quantitative estimate of drug-likeness (QED) is 0.645. The summed E-state index contributed by atoms with van der Waals surface area (Å²) in [4.78, 5) is 43.3. The summed E-state index contributed by atoms with van der Waals surface area (Å²) in [5.74, 6) is -0.206. The molecule has 2 aromatic rings. The monoisotopic (exact) mass is 379 g/mol. The number of hydrogen-bond acceptors (Lipinski definition) is 5. The van der Waals surface area contributed by atoms with Crippen molar-refractivity contribution < 1.29 is 14.5 Å². The third-order valence-electron chi connectivity index (χ3n) is 4.95. The zero-order chi connectivity index (χ0) is 19.8. The molecular formula is C19H17N5O4. The van der Waals surface area contributed by atoms with Gasteiger partial charge in [-0.25, -0.2) is 4.79 Å². The molecule has 142 valence electrons. The van der Waals surface area contributed by atoms with Gasteiger partial charge < -0.3 is 10.2 Å². The van der Waals surface area contributed by atoms with Gasteiger partial charge in [0.1, 0.15) is 0 Å². The van der Waals surface area contributed by atoms with Gasteiger partial charge in [-0.3, -0.25) is 24.8 Å². The van der Waals surface area contributed by atoms with Gasteiger partial charge in [0, 0.05) is 38.1 Å². The number of carbonyl (C=O) groups is 2. The van der Waals surface area contributed by atoms with Crippen LogP contribution in [0, 0.1) is 10.1 Å². The van der Waals surface area contributed by atoms with Crippen molar-refractivity contribution in [2.75, 3.05) is 13.6 Å². The minimum Gasteiger partial charge on any atom is -0.329 e. The van der Waals surface area contributed by atoms with E-state index in [0.29, 0.717) is 29.9 Å². The van der Waals surface area contributed by atoms with Crippen LogP contribution < -0.4 is 5.32 Å². The summed E-state index contributed by atoms with van der Waals surface area (Å²) in [7, 11) is 1.61. The van der Waals surface area contributed by atoms with Gasteiger partial charge in [-0.2, -0.15) is 0 Å². The van der Waals surface area contributed by atoms with Crippen LogP contribution in [0.2, 0.25) is 0 Å². The Morgan fingerprint density at radius 2 is 2.11 bits per heavy atom. The summed E-state index contributed by atoms with van der Waals surface area (Å²) in [6.07, 6.45) is 3.35. The van der Waals surface area contributed by atoms with Gasteiger partial charge in [-0.1, -0.05) is 18.2 Å². The maximum Gasteiger partial charge on any atom is 0.322 e. The van der Waals surface area contributed by atoms with Crippen molar-refractivity contribution in [3.63, 3.8) is 0 Å². The number of non-ortho nitro benzene ring substituents is 1. The fourth-order valence-corrected chi connectivity index (χ4v) is 3.53. The SMILES string of the molecule is CN1C(=O)N[C@H](c2cccc([N+](=O)[O-])c2)C2=C1CN(Cc1cccnc1)C2=O. The summed E-state index contributed by atoms with van der Waals surface area (Å²) in [6.45, 7) is 0.655. The van der Waals surface area contributed by atoms with Crippen molar-refractivity contribution in [2.24, 2.45) is 0 Å². The number of nitro groups is 1. The van der Waals surface area contributed by atoms with Crippen molar-refractivity contribution in [1.82, 2.24) is 20.1 Å². The smallest absolute Gasteiger partial charge is 0.322 e. The average Bonchev–Trinajstić information content (AvgIpc) is 3.02. The second-order valence-corrected chi connectivity index (χ2v) is 6.68. The lowest BCUT2D eigenvalue weighted by Gasteiger charge is -2.31. The highest BCUT2D eigenvalue weighted by Crippen LogP contribution is 2.36. The molecule has 4 rings (SSSR count). The molecule has 1 atom stereocenters. The number of pyridine rings is 1. The van der Waals surface area contributed by atoms with E-state index in [4.69, 9.17) is 0 Å². The van der Waals surface area contributed by atoms with Gasteiger partial charge in [-0.05, 0) is 17.2 Å². The largest absolute Gasteiger partial charge is 0.329 e. The Morgan fingerprint density at radius 1 is 1.29 bits per heavy atom. The lowest BCUT2D eigenvalue weighted by Crippen LogP contribution is -2.45. The summed E-state index contributed by atoms with van der Waals surface area (Å²) in [6, 6.07) is 8.57. The highest BCUT2D eigenvalue weighted by molar-refractivity contribution is 6.01.